The fourth-order valence-corrected chi connectivity index (χ4v) is 1.14. The maximum absolute atomic E-state index is 5.29. The van der Waals surface area contributed by atoms with Crippen molar-refractivity contribution < 1.29 is 18.6 Å². The number of hydrogen-bond acceptors (Lipinski definition) is 4. The summed E-state index contributed by atoms with van der Waals surface area (Å²) < 4.78 is 21.0. The van der Waals surface area contributed by atoms with Gasteiger partial charge in [0.05, 0.1) is 19.8 Å². The Morgan fingerprint density at radius 2 is 1.20 bits per heavy atom. The lowest BCUT2D eigenvalue weighted by molar-refractivity contribution is -0.463. The van der Waals surface area contributed by atoms with E-state index in [9.17, 15) is 0 Å². The molecular formula is C10H18O4Si. The first-order valence-electron chi connectivity index (χ1n) is 4.54. The molecule has 0 aliphatic carbocycles. The SMILES string of the molecule is C=CCOC(O[SiH3])(OCC=C)OCC=C. The van der Waals surface area contributed by atoms with Gasteiger partial charge in [-0.2, -0.15) is 0 Å². The van der Waals surface area contributed by atoms with Gasteiger partial charge < -0.3 is 4.43 Å². The molecule has 0 spiro atoms. The summed E-state index contributed by atoms with van der Waals surface area (Å²) in [5, 5.41) is 0. The predicted molar refractivity (Wildman–Crippen MR) is 62.2 cm³/mol. The van der Waals surface area contributed by atoms with Crippen molar-refractivity contribution in [1.82, 2.24) is 0 Å². The van der Waals surface area contributed by atoms with E-state index in [2.05, 4.69) is 19.7 Å². The molecule has 0 saturated heterocycles. The van der Waals surface area contributed by atoms with E-state index < -0.39 is 6.16 Å². The van der Waals surface area contributed by atoms with E-state index in [0.717, 1.165) is 0 Å². The highest BCUT2D eigenvalue weighted by atomic mass is 28.2. The number of ether oxygens (including phenoxy) is 3. The molecule has 0 aliphatic rings. The lowest BCUT2D eigenvalue weighted by atomic mass is 10.6. The summed E-state index contributed by atoms with van der Waals surface area (Å²) in [5.74, 6) is 0. The van der Waals surface area contributed by atoms with Crippen molar-refractivity contribution in [1.29, 1.82) is 0 Å². The van der Waals surface area contributed by atoms with Gasteiger partial charge in [0.1, 0.15) is 0 Å². The minimum atomic E-state index is -1.46. The van der Waals surface area contributed by atoms with Gasteiger partial charge in [0, 0.05) is 0 Å². The maximum Gasteiger partial charge on any atom is 0.403 e. The zero-order chi connectivity index (χ0) is 11.6. The highest BCUT2D eigenvalue weighted by molar-refractivity contribution is 5.98. The normalized spacial score (nSPS) is 11.2. The summed E-state index contributed by atoms with van der Waals surface area (Å²) in [6.45, 7) is 11.4. The Bertz CT molecular complexity index is 174. The molecule has 4 nitrogen and oxygen atoms in total. The van der Waals surface area contributed by atoms with Crippen molar-refractivity contribution in [2.24, 2.45) is 0 Å². The van der Waals surface area contributed by atoms with Crippen LogP contribution in [0.4, 0.5) is 0 Å². The molecule has 0 atom stereocenters. The van der Waals surface area contributed by atoms with Gasteiger partial charge in [-0.15, -0.1) is 19.7 Å². The third-order valence-electron chi connectivity index (χ3n) is 1.38. The second kappa shape index (κ2) is 8.57. The average Bonchev–Trinajstić information content (AvgIpc) is 2.29. The predicted octanol–water partition coefficient (Wildman–Crippen LogP) is 0.502. The van der Waals surface area contributed by atoms with Gasteiger partial charge in [-0.1, -0.05) is 18.2 Å². The molecule has 86 valence electrons. The van der Waals surface area contributed by atoms with E-state index >= 15 is 0 Å². The first-order valence-corrected chi connectivity index (χ1v) is 5.36. The molecule has 0 radical (unpaired) electrons. The van der Waals surface area contributed by atoms with E-state index in [-0.39, 0.29) is 19.8 Å². The van der Waals surface area contributed by atoms with E-state index in [4.69, 9.17) is 18.6 Å². The summed E-state index contributed by atoms with van der Waals surface area (Å²) in [5.41, 5.74) is 0. The lowest BCUT2D eigenvalue weighted by Gasteiger charge is -2.30. The van der Waals surface area contributed by atoms with Crippen molar-refractivity contribution in [2.75, 3.05) is 19.8 Å². The zero-order valence-electron chi connectivity index (χ0n) is 9.11. The standard InChI is InChI=1S/C10H18O4Si/c1-4-7-11-10(14-15,12-8-5-2)13-9-6-3/h4-6H,1-3,7-9H2,15H3. The fourth-order valence-electron chi connectivity index (χ4n) is 0.785. The third kappa shape index (κ3) is 5.66. The molecule has 0 saturated carbocycles. The Hall–Kier alpha value is -0.723. The van der Waals surface area contributed by atoms with Crippen molar-refractivity contribution in [3.8, 4) is 0 Å². The van der Waals surface area contributed by atoms with Crippen molar-refractivity contribution in [3.63, 3.8) is 0 Å². The highest BCUT2D eigenvalue weighted by Gasteiger charge is 2.32. The lowest BCUT2D eigenvalue weighted by Crippen LogP contribution is -2.42. The maximum atomic E-state index is 5.29. The van der Waals surface area contributed by atoms with Crippen LogP contribution in [0.2, 0.25) is 0 Å². The molecule has 0 rings (SSSR count). The van der Waals surface area contributed by atoms with Crippen LogP contribution < -0.4 is 0 Å². The number of rotatable bonds is 10. The third-order valence-corrected chi connectivity index (χ3v) is 1.88. The first-order chi connectivity index (χ1) is 7.24. The van der Waals surface area contributed by atoms with Gasteiger partial charge in [0.25, 0.3) is 0 Å². The molecule has 0 fully saturated rings. The molecule has 0 heterocycles. The molecule has 0 amide bonds. The van der Waals surface area contributed by atoms with E-state index in [1.165, 1.54) is 0 Å². The summed E-state index contributed by atoms with van der Waals surface area (Å²) >= 11 is 0. The minimum Gasteiger partial charge on any atom is -0.357 e. The zero-order valence-corrected chi connectivity index (χ0v) is 11.1. The van der Waals surface area contributed by atoms with Gasteiger partial charge in [-0.25, -0.2) is 0 Å². The average molecular weight is 230 g/mol. The van der Waals surface area contributed by atoms with Gasteiger partial charge in [-0.3, -0.25) is 14.2 Å². The molecule has 5 heteroatoms. The van der Waals surface area contributed by atoms with Gasteiger partial charge in [0.15, 0.2) is 10.5 Å². The smallest absolute Gasteiger partial charge is 0.357 e. The van der Waals surface area contributed by atoms with E-state index in [1.807, 2.05) is 0 Å². The van der Waals surface area contributed by atoms with Crippen LogP contribution in [0.15, 0.2) is 38.0 Å². The topological polar surface area (TPSA) is 36.9 Å². The Kier molecular flexibility index (Phi) is 8.16. The van der Waals surface area contributed by atoms with Crippen LogP contribution >= 0.6 is 0 Å². The van der Waals surface area contributed by atoms with Gasteiger partial charge >= 0.3 is 6.16 Å². The molecule has 0 aliphatic heterocycles. The molecule has 0 aromatic rings. The Morgan fingerprint density at radius 1 is 0.867 bits per heavy atom. The largest absolute Gasteiger partial charge is 0.403 e. The van der Waals surface area contributed by atoms with Gasteiger partial charge in [0.2, 0.25) is 0 Å². The molecule has 0 N–H and O–H groups in total. The molecule has 0 unspecified atom stereocenters. The van der Waals surface area contributed by atoms with Crippen LogP contribution in [0.1, 0.15) is 0 Å². The Labute approximate surface area is 93.7 Å². The second-order valence-corrected chi connectivity index (χ2v) is 2.91. The number of hydrogen-bond donors (Lipinski definition) is 0. The Balaban J connectivity index is 4.34. The van der Waals surface area contributed by atoms with Crippen LogP contribution in [0.25, 0.3) is 0 Å². The summed E-state index contributed by atoms with van der Waals surface area (Å²) in [6.07, 6.45) is 3.31. The van der Waals surface area contributed by atoms with Crippen molar-refractivity contribution in [2.45, 2.75) is 6.16 Å². The van der Waals surface area contributed by atoms with Crippen LogP contribution in [-0.4, -0.2) is 36.5 Å². The Morgan fingerprint density at radius 3 is 1.40 bits per heavy atom. The van der Waals surface area contributed by atoms with Crippen LogP contribution in [-0.2, 0) is 18.6 Å². The molecule has 0 bridgehead atoms. The fraction of sp³-hybridized carbons (Fsp3) is 0.400. The monoisotopic (exact) mass is 230 g/mol. The van der Waals surface area contributed by atoms with Gasteiger partial charge in [-0.05, 0) is 0 Å². The first kappa shape index (κ1) is 14.3. The van der Waals surface area contributed by atoms with Crippen molar-refractivity contribution in [3.05, 3.63) is 38.0 Å². The van der Waals surface area contributed by atoms with E-state index in [1.54, 1.807) is 18.2 Å². The molecule has 0 aromatic carbocycles. The van der Waals surface area contributed by atoms with Crippen LogP contribution in [0, 0.1) is 0 Å². The molecule has 15 heavy (non-hydrogen) atoms. The van der Waals surface area contributed by atoms with Crippen LogP contribution in [0.3, 0.4) is 0 Å². The quantitative estimate of drug-likeness (QED) is 0.311. The second-order valence-electron chi connectivity index (χ2n) is 2.50. The summed E-state index contributed by atoms with van der Waals surface area (Å²) in [4.78, 5) is 0. The summed E-state index contributed by atoms with van der Waals surface area (Å²) in [7, 11) is 0.419. The van der Waals surface area contributed by atoms with Crippen LogP contribution in [0.5, 0.6) is 0 Å². The highest BCUT2D eigenvalue weighted by Crippen LogP contribution is 2.16. The molecule has 0 aromatic heterocycles. The van der Waals surface area contributed by atoms with E-state index in [0.29, 0.717) is 10.5 Å². The van der Waals surface area contributed by atoms with Crippen molar-refractivity contribution >= 4 is 10.5 Å². The molecular weight excluding hydrogens is 212 g/mol. The summed E-state index contributed by atoms with van der Waals surface area (Å²) in [6, 6.07) is 0. The minimum absolute atomic E-state index is 0.274.